The molecule has 0 spiro atoms. The molecule has 0 aliphatic heterocycles. The van der Waals surface area contributed by atoms with Crippen LogP contribution >= 0.6 is 0 Å². The molecular weight excluding hydrogens is 504 g/mol. The van der Waals surface area contributed by atoms with Crippen molar-refractivity contribution in [3.05, 3.63) is 71.8 Å². The lowest BCUT2D eigenvalue weighted by atomic mass is 10.1. The number of amides is 4. The average Bonchev–Trinajstić information content (AvgIpc) is 2.87. The van der Waals surface area contributed by atoms with Crippen molar-refractivity contribution in [3.8, 4) is 0 Å². The van der Waals surface area contributed by atoms with Gasteiger partial charge in [0.15, 0.2) is 0 Å². The Labute approximate surface area is 228 Å². The summed E-state index contributed by atoms with van der Waals surface area (Å²) in [6.45, 7) is 5.39. The monoisotopic (exact) mass is 542 g/mol. The number of alkyl carbamates (subject to hydrolysis) is 2. The van der Waals surface area contributed by atoms with Crippen LogP contribution in [-0.4, -0.2) is 60.1 Å². The number of benzene rings is 2. The van der Waals surface area contributed by atoms with E-state index in [1.165, 1.54) is 0 Å². The lowest BCUT2D eigenvalue weighted by Gasteiger charge is -2.24. The Morgan fingerprint density at radius 3 is 2.05 bits per heavy atom. The average molecular weight is 543 g/mol. The number of carboxylic acid groups (broad SMARTS) is 1. The predicted molar refractivity (Wildman–Crippen MR) is 145 cm³/mol. The van der Waals surface area contributed by atoms with Gasteiger partial charge in [-0.2, -0.15) is 0 Å². The minimum absolute atomic E-state index is 0.0635. The summed E-state index contributed by atoms with van der Waals surface area (Å²) in [6, 6.07) is 17.3. The zero-order valence-corrected chi connectivity index (χ0v) is 22.6. The Hall–Kier alpha value is -4.28. The fourth-order valence-corrected chi connectivity index (χ4v) is 3.57. The van der Waals surface area contributed by atoms with Crippen LogP contribution < -0.4 is 21.3 Å². The van der Waals surface area contributed by atoms with Crippen molar-refractivity contribution in [1.29, 1.82) is 0 Å². The Balaban J connectivity index is 2.02. The molecule has 39 heavy (non-hydrogen) atoms. The van der Waals surface area contributed by atoms with Gasteiger partial charge in [0, 0.05) is 13.1 Å². The molecule has 5 N–H and O–H groups in total. The fourth-order valence-electron chi connectivity index (χ4n) is 3.57. The van der Waals surface area contributed by atoms with E-state index in [0.29, 0.717) is 12.8 Å². The quantitative estimate of drug-likeness (QED) is 0.242. The van der Waals surface area contributed by atoms with Gasteiger partial charge in [0.05, 0.1) is 6.04 Å². The molecule has 0 saturated heterocycles. The van der Waals surface area contributed by atoms with Gasteiger partial charge in [-0.3, -0.25) is 4.79 Å². The highest BCUT2D eigenvalue weighted by atomic mass is 16.6. The maximum Gasteiger partial charge on any atom is 0.408 e. The number of ether oxygens (including phenoxy) is 2. The third kappa shape index (κ3) is 13.7. The molecule has 0 aromatic heterocycles. The van der Waals surface area contributed by atoms with Gasteiger partial charge in [0.2, 0.25) is 5.91 Å². The molecule has 2 aromatic carbocycles. The van der Waals surface area contributed by atoms with E-state index < -0.39 is 41.9 Å². The van der Waals surface area contributed by atoms with Crippen LogP contribution in [-0.2, 0) is 27.3 Å². The summed E-state index contributed by atoms with van der Waals surface area (Å²) >= 11 is 0. The van der Waals surface area contributed by atoms with Gasteiger partial charge in [-0.1, -0.05) is 60.7 Å². The standard InChI is InChI=1S/C28H38N4O7/c1-28(2,3)39-27(37)32-23(15-10-16-29-25(34)35)24(33)30-18-22(17-20-11-6-4-7-12-20)31-26(36)38-19-21-13-8-5-9-14-21/h4-9,11-14,22-23,29H,10,15-19H2,1-3H3,(H,30,33)(H,31,36)(H,32,37)(H,34,35)/t22-,23-/m1/s1. The van der Waals surface area contributed by atoms with E-state index in [0.717, 1.165) is 11.1 Å². The third-order valence-electron chi connectivity index (χ3n) is 5.34. The minimum atomic E-state index is -1.18. The van der Waals surface area contributed by atoms with Crippen molar-refractivity contribution in [3.63, 3.8) is 0 Å². The number of hydrogen-bond acceptors (Lipinski definition) is 6. The molecule has 11 nitrogen and oxygen atoms in total. The lowest BCUT2D eigenvalue weighted by Crippen LogP contribution is -2.52. The summed E-state index contributed by atoms with van der Waals surface area (Å²) in [5, 5.41) is 19.2. The van der Waals surface area contributed by atoms with Gasteiger partial charge in [-0.05, 0) is 51.2 Å². The minimum Gasteiger partial charge on any atom is -0.465 e. The first kappa shape index (κ1) is 30.9. The van der Waals surface area contributed by atoms with Crippen molar-refractivity contribution < 1.29 is 33.8 Å². The van der Waals surface area contributed by atoms with Crippen molar-refractivity contribution in [2.75, 3.05) is 13.1 Å². The summed E-state index contributed by atoms with van der Waals surface area (Å²) in [6.07, 6.45) is -1.67. The molecule has 0 saturated carbocycles. The largest absolute Gasteiger partial charge is 0.465 e. The number of hydrogen-bond donors (Lipinski definition) is 5. The van der Waals surface area contributed by atoms with Crippen LogP contribution in [0.25, 0.3) is 0 Å². The molecule has 0 bridgehead atoms. The second kappa shape index (κ2) is 15.9. The smallest absolute Gasteiger partial charge is 0.408 e. The molecule has 0 fully saturated rings. The summed E-state index contributed by atoms with van der Waals surface area (Å²) < 4.78 is 10.6. The van der Waals surface area contributed by atoms with Crippen molar-refractivity contribution in [2.24, 2.45) is 0 Å². The normalized spacial score (nSPS) is 12.4. The summed E-state index contributed by atoms with van der Waals surface area (Å²) in [5.41, 5.74) is 1.03. The highest BCUT2D eigenvalue weighted by Crippen LogP contribution is 2.09. The molecule has 0 radical (unpaired) electrons. The molecule has 2 atom stereocenters. The number of rotatable bonds is 13. The van der Waals surface area contributed by atoms with Gasteiger partial charge in [-0.15, -0.1) is 0 Å². The van der Waals surface area contributed by atoms with Gasteiger partial charge < -0.3 is 35.8 Å². The Kier molecular flexibility index (Phi) is 12.6. The van der Waals surface area contributed by atoms with Crippen LogP contribution in [0.1, 0.15) is 44.7 Å². The highest BCUT2D eigenvalue weighted by Gasteiger charge is 2.25. The Morgan fingerprint density at radius 1 is 0.846 bits per heavy atom. The maximum absolute atomic E-state index is 13.1. The first-order valence-electron chi connectivity index (χ1n) is 12.8. The Morgan fingerprint density at radius 2 is 1.46 bits per heavy atom. The number of carbonyl (C=O) groups is 4. The maximum atomic E-state index is 13.1. The molecule has 2 rings (SSSR count). The first-order chi connectivity index (χ1) is 18.5. The summed E-state index contributed by atoms with van der Waals surface area (Å²) in [5.74, 6) is -0.492. The topological polar surface area (TPSA) is 155 Å². The number of carbonyl (C=O) groups excluding carboxylic acids is 3. The van der Waals surface area contributed by atoms with E-state index in [2.05, 4.69) is 21.3 Å². The predicted octanol–water partition coefficient (Wildman–Crippen LogP) is 3.58. The van der Waals surface area contributed by atoms with Crippen molar-refractivity contribution in [1.82, 2.24) is 21.3 Å². The van der Waals surface area contributed by atoms with E-state index in [4.69, 9.17) is 14.6 Å². The molecule has 0 aliphatic rings. The van der Waals surface area contributed by atoms with E-state index >= 15 is 0 Å². The van der Waals surface area contributed by atoms with Gasteiger partial charge in [0.25, 0.3) is 0 Å². The molecule has 4 amide bonds. The van der Waals surface area contributed by atoms with Crippen LogP contribution in [0.4, 0.5) is 14.4 Å². The van der Waals surface area contributed by atoms with E-state index in [1.54, 1.807) is 20.8 Å². The Bertz CT molecular complexity index is 1060. The molecule has 0 unspecified atom stereocenters. The highest BCUT2D eigenvalue weighted by molar-refractivity contribution is 5.85. The van der Waals surface area contributed by atoms with Crippen LogP contribution in [0.15, 0.2) is 60.7 Å². The molecule has 0 aliphatic carbocycles. The lowest BCUT2D eigenvalue weighted by molar-refractivity contribution is -0.123. The van der Waals surface area contributed by atoms with Gasteiger partial charge in [0.1, 0.15) is 18.2 Å². The molecule has 11 heteroatoms. The SMILES string of the molecule is CC(C)(C)OC(=O)N[C@H](CCCNC(=O)O)C(=O)NC[C@@H](Cc1ccccc1)NC(=O)OCc1ccccc1. The van der Waals surface area contributed by atoms with E-state index in [1.807, 2.05) is 60.7 Å². The van der Waals surface area contributed by atoms with Crippen LogP contribution in [0, 0.1) is 0 Å². The molecule has 212 valence electrons. The van der Waals surface area contributed by atoms with Gasteiger partial charge >= 0.3 is 18.3 Å². The first-order valence-corrected chi connectivity index (χ1v) is 12.8. The second-order valence-electron chi connectivity index (χ2n) is 9.91. The van der Waals surface area contributed by atoms with Crippen LogP contribution in [0.5, 0.6) is 0 Å². The zero-order chi connectivity index (χ0) is 28.7. The van der Waals surface area contributed by atoms with Crippen molar-refractivity contribution in [2.45, 2.75) is 64.3 Å². The van der Waals surface area contributed by atoms with Crippen molar-refractivity contribution >= 4 is 24.2 Å². The molecular formula is C28H38N4O7. The zero-order valence-electron chi connectivity index (χ0n) is 22.6. The van der Waals surface area contributed by atoms with Crippen LogP contribution in [0.2, 0.25) is 0 Å². The summed E-state index contributed by atoms with van der Waals surface area (Å²) in [7, 11) is 0. The fraction of sp³-hybridized carbons (Fsp3) is 0.429. The van der Waals surface area contributed by atoms with E-state index in [-0.39, 0.29) is 26.1 Å². The van der Waals surface area contributed by atoms with E-state index in [9.17, 15) is 19.2 Å². The second-order valence-corrected chi connectivity index (χ2v) is 9.91. The molecule has 2 aromatic rings. The third-order valence-corrected chi connectivity index (χ3v) is 5.34. The van der Waals surface area contributed by atoms with Gasteiger partial charge in [-0.25, -0.2) is 14.4 Å². The van der Waals surface area contributed by atoms with Crippen LogP contribution in [0.3, 0.4) is 0 Å². The summed E-state index contributed by atoms with van der Waals surface area (Å²) in [4.78, 5) is 48.7. The number of nitrogens with one attached hydrogen (secondary N) is 4. The molecule has 0 heterocycles.